The molecule has 80 valence electrons. The summed E-state index contributed by atoms with van der Waals surface area (Å²) in [4.78, 5) is 8.42. The minimum absolute atomic E-state index is 0.507. The SMILES string of the molecule is CC(CN)CCc1nc2ncccc2o1. The second-order valence-electron chi connectivity index (χ2n) is 3.81. The molecule has 4 nitrogen and oxygen atoms in total. The number of fused-ring (bicyclic) bond motifs is 1. The standard InChI is InChI=1S/C11H15N3O/c1-8(7-12)4-5-10-14-11-9(15-10)3-2-6-13-11/h2-3,6,8H,4-5,7,12H2,1H3. The minimum atomic E-state index is 0.507. The van der Waals surface area contributed by atoms with Crippen LogP contribution in [0.15, 0.2) is 22.7 Å². The van der Waals surface area contributed by atoms with Gasteiger partial charge in [-0.15, -0.1) is 0 Å². The van der Waals surface area contributed by atoms with Crippen LogP contribution in [0, 0.1) is 5.92 Å². The van der Waals surface area contributed by atoms with Crippen molar-refractivity contribution >= 4 is 11.2 Å². The number of hydrogen-bond donors (Lipinski definition) is 1. The topological polar surface area (TPSA) is 64.9 Å². The smallest absolute Gasteiger partial charge is 0.198 e. The minimum Gasteiger partial charge on any atom is -0.439 e. The lowest BCUT2D eigenvalue weighted by molar-refractivity contribution is 0.471. The van der Waals surface area contributed by atoms with E-state index in [4.69, 9.17) is 10.2 Å². The number of aryl methyl sites for hydroxylation is 1. The van der Waals surface area contributed by atoms with Crippen LogP contribution in [0.4, 0.5) is 0 Å². The van der Waals surface area contributed by atoms with E-state index in [-0.39, 0.29) is 0 Å². The van der Waals surface area contributed by atoms with Crippen molar-refractivity contribution in [2.45, 2.75) is 19.8 Å². The molecule has 0 spiro atoms. The Morgan fingerprint density at radius 1 is 1.53 bits per heavy atom. The second-order valence-corrected chi connectivity index (χ2v) is 3.81. The average Bonchev–Trinajstić information content (AvgIpc) is 2.68. The number of oxazole rings is 1. The third kappa shape index (κ3) is 2.33. The van der Waals surface area contributed by atoms with Gasteiger partial charge < -0.3 is 10.2 Å². The van der Waals surface area contributed by atoms with Gasteiger partial charge in [0.2, 0.25) is 0 Å². The van der Waals surface area contributed by atoms with Crippen LogP contribution in [0.25, 0.3) is 11.2 Å². The number of aromatic nitrogens is 2. The zero-order chi connectivity index (χ0) is 10.7. The Bertz CT molecular complexity index is 405. The molecule has 2 aromatic heterocycles. The lowest BCUT2D eigenvalue weighted by Gasteiger charge is -2.04. The predicted molar refractivity (Wildman–Crippen MR) is 58.3 cm³/mol. The summed E-state index contributed by atoms with van der Waals surface area (Å²) in [5, 5.41) is 0. The second kappa shape index (κ2) is 4.40. The van der Waals surface area contributed by atoms with Crippen LogP contribution in [0.2, 0.25) is 0 Å². The van der Waals surface area contributed by atoms with Crippen LogP contribution in [0.5, 0.6) is 0 Å². The van der Waals surface area contributed by atoms with E-state index in [0.717, 1.165) is 24.3 Å². The highest BCUT2D eigenvalue weighted by atomic mass is 16.3. The van der Waals surface area contributed by atoms with Gasteiger partial charge in [0, 0.05) is 12.6 Å². The van der Waals surface area contributed by atoms with Crippen LogP contribution in [0.3, 0.4) is 0 Å². The molecule has 0 aliphatic heterocycles. The summed E-state index contributed by atoms with van der Waals surface area (Å²) in [5.41, 5.74) is 6.99. The molecule has 2 N–H and O–H groups in total. The van der Waals surface area contributed by atoms with Gasteiger partial charge in [-0.1, -0.05) is 6.92 Å². The van der Waals surface area contributed by atoms with E-state index in [1.807, 2.05) is 12.1 Å². The van der Waals surface area contributed by atoms with E-state index < -0.39 is 0 Å². The molecule has 0 aromatic carbocycles. The van der Waals surface area contributed by atoms with Gasteiger partial charge >= 0.3 is 0 Å². The van der Waals surface area contributed by atoms with E-state index >= 15 is 0 Å². The van der Waals surface area contributed by atoms with Gasteiger partial charge in [0.25, 0.3) is 0 Å². The first-order valence-corrected chi connectivity index (χ1v) is 5.20. The molecule has 2 aromatic rings. The Morgan fingerprint density at radius 3 is 3.13 bits per heavy atom. The molecular formula is C11H15N3O. The van der Waals surface area contributed by atoms with Crippen LogP contribution < -0.4 is 5.73 Å². The number of hydrogen-bond acceptors (Lipinski definition) is 4. The Hall–Kier alpha value is -1.42. The maximum atomic E-state index is 5.55. The van der Waals surface area contributed by atoms with Crippen molar-refractivity contribution in [1.29, 1.82) is 0 Å². The summed E-state index contributed by atoms with van der Waals surface area (Å²) in [7, 11) is 0. The summed E-state index contributed by atoms with van der Waals surface area (Å²) in [6, 6.07) is 3.73. The first-order valence-electron chi connectivity index (χ1n) is 5.20. The fourth-order valence-electron chi connectivity index (χ4n) is 1.41. The monoisotopic (exact) mass is 205 g/mol. The van der Waals surface area contributed by atoms with E-state index in [1.165, 1.54) is 0 Å². The highest BCUT2D eigenvalue weighted by Crippen LogP contribution is 2.14. The zero-order valence-electron chi connectivity index (χ0n) is 8.81. The molecule has 0 fully saturated rings. The molecule has 0 aliphatic rings. The highest BCUT2D eigenvalue weighted by molar-refractivity contribution is 5.66. The molecule has 0 aliphatic carbocycles. The number of rotatable bonds is 4. The van der Waals surface area contributed by atoms with Crippen molar-refractivity contribution in [3.05, 3.63) is 24.2 Å². The van der Waals surface area contributed by atoms with E-state index in [2.05, 4.69) is 16.9 Å². The van der Waals surface area contributed by atoms with Gasteiger partial charge in [0.15, 0.2) is 17.1 Å². The number of pyridine rings is 1. The molecule has 0 bridgehead atoms. The maximum Gasteiger partial charge on any atom is 0.198 e. The Kier molecular flexibility index (Phi) is 2.97. The van der Waals surface area contributed by atoms with Gasteiger partial charge in [-0.25, -0.2) is 4.98 Å². The van der Waals surface area contributed by atoms with Crippen molar-refractivity contribution in [2.24, 2.45) is 11.7 Å². The molecule has 4 heteroatoms. The zero-order valence-corrected chi connectivity index (χ0v) is 8.81. The average molecular weight is 205 g/mol. The third-order valence-corrected chi connectivity index (χ3v) is 2.46. The lowest BCUT2D eigenvalue weighted by Crippen LogP contribution is -2.11. The summed E-state index contributed by atoms with van der Waals surface area (Å²) in [6.45, 7) is 2.83. The number of nitrogens with zero attached hydrogens (tertiary/aromatic N) is 2. The molecule has 1 atom stereocenters. The first-order chi connectivity index (χ1) is 7.29. The molecule has 0 saturated carbocycles. The Labute approximate surface area is 88.5 Å². The Morgan fingerprint density at radius 2 is 2.40 bits per heavy atom. The first kappa shape index (κ1) is 10.1. The molecule has 2 heterocycles. The van der Waals surface area contributed by atoms with Crippen molar-refractivity contribution in [3.8, 4) is 0 Å². The summed E-state index contributed by atoms with van der Waals surface area (Å²) < 4.78 is 5.55. The largest absolute Gasteiger partial charge is 0.439 e. The third-order valence-electron chi connectivity index (χ3n) is 2.46. The van der Waals surface area contributed by atoms with E-state index in [1.54, 1.807) is 6.20 Å². The molecular weight excluding hydrogens is 190 g/mol. The summed E-state index contributed by atoms with van der Waals surface area (Å²) in [6.07, 6.45) is 3.55. The fraction of sp³-hybridized carbons (Fsp3) is 0.455. The number of nitrogens with two attached hydrogens (primary N) is 1. The van der Waals surface area contributed by atoms with Gasteiger partial charge in [0.1, 0.15) is 0 Å². The summed E-state index contributed by atoms with van der Waals surface area (Å²) in [5.74, 6) is 1.26. The van der Waals surface area contributed by atoms with Gasteiger partial charge in [-0.3, -0.25) is 0 Å². The van der Waals surface area contributed by atoms with Crippen molar-refractivity contribution in [2.75, 3.05) is 6.54 Å². The fourth-order valence-corrected chi connectivity index (χ4v) is 1.41. The summed E-state index contributed by atoms with van der Waals surface area (Å²) >= 11 is 0. The van der Waals surface area contributed by atoms with Crippen LogP contribution in [0.1, 0.15) is 19.2 Å². The van der Waals surface area contributed by atoms with E-state index in [9.17, 15) is 0 Å². The van der Waals surface area contributed by atoms with Crippen molar-refractivity contribution in [1.82, 2.24) is 9.97 Å². The molecule has 0 radical (unpaired) electrons. The lowest BCUT2D eigenvalue weighted by atomic mass is 10.1. The predicted octanol–water partition coefficient (Wildman–Crippen LogP) is 1.75. The molecule has 15 heavy (non-hydrogen) atoms. The van der Waals surface area contributed by atoms with Crippen LogP contribution in [-0.4, -0.2) is 16.5 Å². The van der Waals surface area contributed by atoms with Crippen molar-refractivity contribution in [3.63, 3.8) is 0 Å². The molecule has 0 amide bonds. The molecule has 2 rings (SSSR count). The quantitative estimate of drug-likeness (QED) is 0.825. The van der Waals surface area contributed by atoms with Gasteiger partial charge in [-0.2, -0.15) is 4.98 Å². The van der Waals surface area contributed by atoms with Crippen molar-refractivity contribution < 1.29 is 4.42 Å². The van der Waals surface area contributed by atoms with Crippen LogP contribution >= 0.6 is 0 Å². The normalized spacial score (nSPS) is 13.2. The molecule has 1 unspecified atom stereocenters. The van der Waals surface area contributed by atoms with Gasteiger partial charge in [-0.05, 0) is 31.0 Å². The highest BCUT2D eigenvalue weighted by Gasteiger charge is 2.07. The molecule has 0 saturated heterocycles. The maximum absolute atomic E-state index is 5.55. The van der Waals surface area contributed by atoms with E-state index in [0.29, 0.717) is 18.1 Å². The Balaban J connectivity index is 2.09. The van der Waals surface area contributed by atoms with Crippen LogP contribution in [-0.2, 0) is 6.42 Å². The van der Waals surface area contributed by atoms with Gasteiger partial charge in [0.05, 0.1) is 0 Å².